The van der Waals surface area contributed by atoms with Gasteiger partial charge in [0, 0.05) is 21.2 Å². The number of hydrogen-bond donors (Lipinski definition) is 0. The Morgan fingerprint density at radius 2 is 0.730 bits per heavy atom. The van der Waals surface area contributed by atoms with Crippen LogP contribution in [-0.2, 0) is 0 Å². The van der Waals surface area contributed by atoms with Crippen LogP contribution in [0.15, 0.2) is 138 Å². The lowest BCUT2D eigenvalue weighted by Crippen LogP contribution is -2.00. The molecule has 5 aromatic carbocycles. The van der Waals surface area contributed by atoms with Gasteiger partial charge in [0.1, 0.15) is 0 Å². The van der Waals surface area contributed by atoms with E-state index in [1.165, 1.54) is 0 Å². The Bertz CT molecular complexity index is 1610. The minimum Gasteiger partial charge on any atom is -0.208 e. The van der Waals surface area contributed by atoms with Crippen molar-refractivity contribution in [1.29, 1.82) is 0 Å². The summed E-state index contributed by atoms with van der Waals surface area (Å²) in [5, 5.41) is 0. The summed E-state index contributed by atoms with van der Waals surface area (Å²) in [6, 6.07) is 45.5. The van der Waals surface area contributed by atoms with Crippen LogP contribution in [0.2, 0.25) is 0 Å². The molecule has 37 heavy (non-hydrogen) atoms. The van der Waals surface area contributed by atoms with Crippen LogP contribution >= 0.6 is 15.9 Å². The third-order valence-electron chi connectivity index (χ3n) is 6.16. The number of benzene rings is 5. The highest BCUT2D eigenvalue weighted by Gasteiger charge is 2.14. The molecular formula is C33H22BrN3. The number of rotatable bonds is 5. The fourth-order valence-corrected chi connectivity index (χ4v) is 4.73. The van der Waals surface area contributed by atoms with Gasteiger partial charge in [-0.3, -0.25) is 0 Å². The van der Waals surface area contributed by atoms with Crippen molar-refractivity contribution in [2.45, 2.75) is 0 Å². The minimum atomic E-state index is 0.636. The fraction of sp³-hybridized carbons (Fsp3) is 0. The Morgan fingerprint density at radius 1 is 0.324 bits per heavy atom. The number of hydrogen-bond acceptors (Lipinski definition) is 3. The molecule has 0 aliphatic heterocycles. The maximum Gasteiger partial charge on any atom is 0.164 e. The molecule has 0 spiro atoms. The van der Waals surface area contributed by atoms with Gasteiger partial charge in [-0.2, -0.15) is 0 Å². The predicted molar refractivity (Wildman–Crippen MR) is 155 cm³/mol. The van der Waals surface area contributed by atoms with Crippen LogP contribution < -0.4 is 0 Å². The fourth-order valence-electron chi connectivity index (χ4n) is 4.33. The van der Waals surface area contributed by atoms with Gasteiger partial charge >= 0.3 is 0 Å². The van der Waals surface area contributed by atoms with Crippen LogP contribution in [0, 0.1) is 0 Å². The zero-order chi connectivity index (χ0) is 25.0. The molecule has 0 amide bonds. The van der Waals surface area contributed by atoms with Crippen molar-refractivity contribution in [3.05, 3.63) is 138 Å². The second-order valence-electron chi connectivity index (χ2n) is 8.71. The van der Waals surface area contributed by atoms with Gasteiger partial charge < -0.3 is 0 Å². The van der Waals surface area contributed by atoms with E-state index < -0.39 is 0 Å². The minimum absolute atomic E-state index is 0.636. The summed E-state index contributed by atoms with van der Waals surface area (Å²) in [4.78, 5) is 14.8. The summed E-state index contributed by atoms with van der Waals surface area (Å²) in [7, 11) is 0. The molecule has 0 unspecified atom stereocenters. The van der Waals surface area contributed by atoms with Gasteiger partial charge in [-0.05, 0) is 52.6 Å². The number of halogens is 1. The van der Waals surface area contributed by atoms with E-state index in [9.17, 15) is 0 Å². The molecule has 0 bridgehead atoms. The molecule has 3 nitrogen and oxygen atoms in total. The molecule has 0 N–H and O–H groups in total. The second kappa shape index (κ2) is 10.3. The highest BCUT2D eigenvalue weighted by atomic mass is 79.9. The molecule has 4 heteroatoms. The third-order valence-corrected chi connectivity index (χ3v) is 6.65. The molecule has 6 rings (SSSR count). The van der Waals surface area contributed by atoms with Crippen LogP contribution in [0.1, 0.15) is 0 Å². The maximum absolute atomic E-state index is 4.97. The van der Waals surface area contributed by atoms with E-state index in [2.05, 4.69) is 82.7 Å². The summed E-state index contributed by atoms with van der Waals surface area (Å²) >= 11 is 3.59. The normalized spacial score (nSPS) is 10.8. The predicted octanol–water partition coefficient (Wildman–Crippen LogP) is 8.97. The highest BCUT2D eigenvalue weighted by Crippen LogP contribution is 2.33. The van der Waals surface area contributed by atoms with Crippen LogP contribution in [0.25, 0.3) is 56.4 Å². The van der Waals surface area contributed by atoms with Gasteiger partial charge in [0.25, 0.3) is 0 Å². The van der Waals surface area contributed by atoms with Crippen molar-refractivity contribution in [2.75, 3.05) is 0 Å². The molecule has 0 saturated carbocycles. The van der Waals surface area contributed by atoms with Crippen LogP contribution in [0.3, 0.4) is 0 Å². The summed E-state index contributed by atoms with van der Waals surface area (Å²) in [5.74, 6) is 1.92. The van der Waals surface area contributed by atoms with Crippen molar-refractivity contribution in [1.82, 2.24) is 15.0 Å². The molecule has 1 aromatic heterocycles. The molecular weight excluding hydrogens is 518 g/mol. The SMILES string of the molecule is Brc1cccc(-c2nc(-c3ccccc3)nc(-c3cc(-c4ccccc4)cc(-c4ccccc4)c3)n2)c1. The first-order valence-corrected chi connectivity index (χ1v) is 12.9. The van der Waals surface area contributed by atoms with Gasteiger partial charge in [0.2, 0.25) is 0 Å². The standard InChI is InChI=1S/C33H22BrN3/c34-30-18-10-17-26(22-30)32-35-31(25-15-8-3-9-16-25)36-33(37-32)29-20-27(23-11-4-1-5-12-23)19-28(21-29)24-13-6-2-7-14-24/h1-22H. The Kier molecular flexibility index (Phi) is 6.40. The Labute approximate surface area is 224 Å². The monoisotopic (exact) mass is 539 g/mol. The largest absolute Gasteiger partial charge is 0.208 e. The molecule has 0 radical (unpaired) electrons. The van der Waals surface area contributed by atoms with Gasteiger partial charge in [-0.25, -0.2) is 15.0 Å². The van der Waals surface area contributed by atoms with E-state index >= 15 is 0 Å². The van der Waals surface area contributed by atoms with Crippen LogP contribution in [0.4, 0.5) is 0 Å². The lowest BCUT2D eigenvalue weighted by molar-refractivity contribution is 1.07. The lowest BCUT2D eigenvalue weighted by Gasteiger charge is -2.12. The topological polar surface area (TPSA) is 38.7 Å². The molecule has 0 aliphatic rings. The van der Waals surface area contributed by atoms with E-state index in [4.69, 9.17) is 15.0 Å². The first-order chi connectivity index (χ1) is 18.2. The number of aromatic nitrogens is 3. The summed E-state index contributed by atoms with van der Waals surface area (Å²) in [6.07, 6.45) is 0. The van der Waals surface area contributed by atoms with Gasteiger partial charge in [-0.1, -0.05) is 119 Å². The average Bonchev–Trinajstić information content (AvgIpc) is 2.98. The van der Waals surface area contributed by atoms with Gasteiger partial charge in [0.05, 0.1) is 0 Å². The molecule has 0 atom stereocenters. The first kappa shape index (κ1) is 23.0. The van der Waals surface area contributed by atoms with Crippen LogP contribution in [-0.4, -0.2) is 15.0 Å². The van der Waals surface area contributed by atoms with E-state index in [0.29, 0.717) is 17.5 Å². The molecule has 0 saturated heterocycles. The zero-order valence-electron chi connectivity index (χ0n) is 19.9. The molecule has 1 heterocycles. The number of nitrogens with zero attached hydrogens (tertiary/aromatic N) is 3. The van der Waals surface area contributed by atoms with Crippen molar-refractivity contribution < 1.29 is 0 Å². The third kappa shape index (κ3) is 5.11. The average molecular weight is 540 g/mol. The van der Waals surface area contributed by atoms with Gasteiger partial charge in [-0.15, -0.1) is 0 Å². The summed E-state index contributed by atoms with van der Waals surface area (Å²) in [5.41, 5.74) is 7.33. The van der Waals surface area contributed by atoms with E-state index in [1.807, 2.05) is 66.7 Å². The lowest BCUT2D eigenvalue weighted by atomic mass is 9.96. The van der Waals surface area contributed by atoms with Crippen LogP contribution in [0.5, 0.6) is 0 Å². The molecule has 0 aliphatic carbocycles. The molecule has 0 fully saturated rings. The summed E-state index contributed by atoms with van der Waals surface area (Å²) < 4.78 is 0.977. The van der Waals surface area contributed by atoms with Crippen molar-refractivity contribution >= 4 is 15.9 Å². The van der Waals surface area contributed by atoms with E-state index in [0.717, 1.165) is 43.4 Å². The Hall–Kier alpha value is -4.41. The van der Waals surface area contributed by atoms with Crippen molar-refractivity contribution in [2.24, 2.45) is 0 Å². The molecule has 6 aromatic rings. The van der Waals surface area contributed by atoms with Crippen molar-refractivity contribution in [3.63, 3.8) is 0 Å². The summed E-state index contributed by atoms with van der Waals surface area (Å²) in [6.45, 7) is 0. The quantitative estimate of drug-likeness (QED) is 0.219. The van der Waals surface area contributed by atoms with Gasteiger partial charge in [0.15, 0.2) is 17.5 Å². The second-order valence-corrected chi connectivity index (χ2v) is 9.63. The Morgan fingerprint density at radius 3 is 1.24 bits per heavy atom. The van der Waals surface area contributed by atoms with Crippen molar-refractivity contribution in [3.8, 4) is 56.4 Å². The first-order valence-electron chi connectivity index (χ1n) is 12.1. The zero-order valence-corrected chi connectivity index (χ0v) is 21.5. The maximum atomic E-state index is 4.97. The Balaban J connectivity index is 1.59. The highest BCUT2D eigenvalue weighted by molar-refractivity contribution is 9.10. The molecule has 176 valence electrons. The van der Waals surface area contributed by atoms with E-state index in [-0.39, 0.29) is 0 Å². The van der Waals surface area contributed by atoms with E-state index in [1.54, 1.807) is 0 Å². The smallest absolute Gasteiger partial charge is 0.164 e.